The van der Waals surface area contributed by atoms with Crippen molar-refractivity contribution in [1.82, 2.24) is 9.78 Å². The molecule has 1 heterocycles. The van der Waals surface area contributed by atoms with Crippen molar-refractivity contribution in [1.29, 1.82) is 0 Å². The number of aromatic nitrogens is 2. The Morgan fingerprint density at radius 2 is 1.90 bits per heavy atom. The third-order valence-corrected chi connectivity index (χ3v) is 3.43. The molecule has 106 valence electrons. The minimum absolute atomic E-state index is 0.103. The molecule has 1 aliphatic rings. The SMILES string of the molecule is CN(/N=C/C1C=CC=C1)c1nn(C)c(=O)c2ccccc12. The molecule has 0 aliphatic heterocycles. The molecule has 0 N–H and O–H groups in total. The molecule has 1 aromatic carbocycles. The number of aryl methyl sites for hydroxylation is 1. The Hall–Kier alpha value is -2.69. The van der Waals surface area contributed by atoms with E-state index in [2.05, 4.69) is 22.4 Å². The zero-order valence-corrected chi connectivity index (χ0v) is 12.0. The van der Waals surface area contributed by atoms with Crippen LogP contribution in [0.5, 0.6) is 0 Å². The number of hydrogen-bond donors (Lipinski definition) is 0. The maximum Gasteiger partial charge on any atom is 0.274 e. The smallest absolute Gasteiger partial charge is 0.267 e. The molecule has 0 bridgehead atoms. The summed E-state index contributed by atoms with van der Waals surface area (Å²) >= 11 is 0. The number of allylic oxidation sites excluding steroid dienone is 4. The highest BCUT2D eigenvalue weighted by Crippen LogP contribution is 2.21. The fraction of sp³-hybridized carbons (Fsp3) is 0.188. The average molecular weight is 280 g/mol. The first-order valence-electron chi connectivity index (χ1n) is 6.75. The third kappa shape index (κ3) is 2.50. The monoisotopic (exact) mass is 280 g/mol. The van der Waals surface area contributed by atoms with Gasteiger partial charge < -0.3 is 0 Å². The summed E-state index contributed by atoms with van der Waals surface area (Å²) in [6.45, 7) is 0. The molecule has 5 heteroatoms. The summed E-state index contributed by atoms with van der Waals surface area (Å²) in [5.41, 5.74) is -0.103. The highest BCUT2D eigenvalue weighted by atomic mass is 16.1. The molecule has 3 rings (SSSR count). The van der Waals surface area contributed by atoms with E-state index in [-0.39, 0.29) is 11.5 Å². The average Bonchev–Trinajstić information content (AvgIpc) is 3.02. The van der Waals surface area contributed by atoms with Crippen LogP contribution in [0.15, 0.2) is 58.5 Å². The fourth-order valence-corrected chi connectivity index (χ4v) is 2.30. The predicted molar refractivity (Wildman–Crippen MR) is 85.6 cm³/mol. The molecule has 21 heavy (non-hydrogen) atoms. The van der Waals surface area contributed by atoms with E-state index in [1.807, 2.05) is 49.7 Å². The predicted octanol–water partition coefficient (Wildman–Crippen LogP) is 2.10. The standard InChI is InChI=1S/C16H16N4O/c1-19(17-11-12-7-3-4-8-12)15-13-9-5-6-10-14(13)16(21)20(2)18-15/h3-12H,1-2H3/b17-11+. The van der Waals surface area contributed by atoms with Gasteiger partial charge >= 0.3 is 0 Å². The Balaban J connectivity index is 2.03. The first-order valence-corrected chi connectivity index (χ1v) is 6.75. The van der Waals surface area contributed by atoms with Crippen LogP contribution in [-0.2, 0) is 7.05 Å². The summed E-state index contributed by atoms with van der Waals surface area (Å²) in [4.78, 5) is 12.1. The van der Waals surface area contributed by atoms with Crippen molar-refractivity contribution >= 4 is 22.8 Å². The second-order valence-corrected chi connectivity index (χ2v) is 4.93. The van der Waals surface area contributed by atoms with E-state index in [0.29, 0.717) is 11.2 Å². The summed E-state index contributed by atoms with van der Waals surface area (Å²) in [5.74, 6) is 0.876. The number of rotatable bonds is 3. The second kappa shape index (κ2) is 5.36. The molecule has 0 atom stereocenters. The number of anilines is 1. The van der Waals surface area contributed by atoms with Crippen LogP contribution in [0.2, 0.25) is 0 Å². The lowest BCUT2D eigenvalue weighted by Crippen LogP contribution is -2.23. The topological polar surface area (TPSA) is 50.5 Å². The zero-order valence-electron chi connectivity index (χ0n) is 12.0. The van der Waals surface area contributed by atoms with Crippen LogP contribution in [0.25, 0.3) is 10.8 Å². The molecular formula is C16H16N4O. The van der Waals surface area contributed by atoms with Crippen molar-refractivity contribution in [3.63, 3.8) is 0 Å². The van der Waals surface area contributed by atoms with Gasteiger partial charge in [-0.2, -0.15) is 5.10 Å². The fourth-order valence-electron chi connectivity index (χ4n) is 2.30. The lowest BCUT2D eigenvalue weighted by Gasteiger charge is -2.15. The van der Waals surface area contributed by atoms with E-state index in [9.17, 15) is 4.79 Å². The Bertz CT molecular complexity index is 805. The number of fused-ring (bicyclic) bond motifs is 1. The Morgan fingerprint density at radius 1 is 1.24 bits per heavy atom. The molecule has 1 aromatic heterocycles. The number of hydrogen-bond acceptors (Lipinski definition) is 4. The normalized spacial score (nSPS) is 14.6. The molecule has 0 spiro atoms. The summed E-state index contributed by atoms with van der Waals surface area (Å²) in [5, 5.41) is 11.9. The Labute approximate surface area is 122 Å². The third-order valence-electron chi connectivity index (χ3n) is 3.43. The minimum atomic E-state index is -0.103. The summed E-state index contributed by atoms with van der Waals surface area (Å²) in [6, 6.07) is 7.45. The Morgan fingerprint density at radius 3 is 2.62 bits per heavy atom. The summed E-state index contributed by atoms with van der Waals surface area (Å²) in [7, 11) is 3.48. The van der Waals surface area contributed by atoms with Crippen LogP contribution in [0.3, 0.4) is 0 Å². The van der Waals surface area contributed by atoms with Gasteiger partial charge in [0, 0.05) is 31.6 Å². The van der Waals surface area contributed by atoms with Crippen LogP contribution in [0.1, 0.15) is 0 Å². The van der Waals surface area contributed by atoms with E-state index in [1.54, 1.807) is 12.1 Å². The van der Waals surface area contributed by atoms with Gasteiger partial charge in [0.15, 0.2) is 5.82 Å². The minimum Gasteiger partial charge on any atom is -0.267 e. The lowest BCUT2D eigenvalue weighted by molar-refractivity contribution is 0.709. The van der Waals surface area contributed by atoms with Crippen LogP contribution in [0.4, 0.5) is 5.82 Å². The van der Waals surface area contributed by atoms with E-state index in [1.165, 1.54) is 4.68 Å². The van der Waals surface area contributed by atoms with E-state index >= 15 is 0 Å². The van der Waals surface area contributed by atoms with Gasteiger partial charge in [-0.3, -0.25) is 4.79 Å². The van der Waals surface area contributed by atoms with Crippen molar-refractivity contribution in [2.75, 3.05) is 12.1 Å². The number of benzene rings is 1. The van der Waals surface area contributed by atoms with Crippen molar-refractivity contribution in [2.24, 2.45) is 18.1 Å². The molecule has 2 aromatic rings. The molecular weight excluding hydrogens is 264 g/mol. The van der Waals surface area contributed by atoms with Crippen LogP contribution >= 0.6 is 0 Å². The van der Waals surface area contributed by atoms with Gasteiger partial charge in [-0.05, 0) is 6.07 Å². The molecule has 0 saturated heterocycles. The summed E-state index contributed by atoms with van der Waals surface area (Å²) < 4.78 is 1.35. The van der Waals surface area contributed by atoms with E-state index in [4.69, 9.17) is 0 Å². The molecule has 1 aliphatic carbocycles. The first kappa shape index (κ1) is 13.3. The highest BCUT2D eigenvalue weighted by molar-refractivity contribution is 5.91. The maximum atomic E-state index is 12.1. The molecule has 0 fully saturated rings. The second-order valence-electron chi connectivity index (χ2n) is 4.93. The largest absolute Gasteiger partial charge is 0.274 e. The molecule has 5 nitrogen and oxygen atoms in total. The van der Waals surface area contributed by atoms with Gasteiger partial charge in [0.2, 0.25) is 0 Å². The van der Waals surface area contributed by atoms with Gasteiger partial charge in [-0.1, -0.05) is 42.5 Å². The summed E-state index contributed by atoms with van der Waals surface area (Å²) in [6.07, 6.45) is 9.96. The maximum absolute atomic E-state index is 12.1. The van der Waals surface area contributed by atoms with Crippen molar-refractivity contribution in [3.05, 3.63) is 58.9 Å². The lowest BCUT2D eigenvalue weighted by atomic mass is 10.2. The molecule has 0 saturated carbocycles. The van der Waals surface area contributed by atoms with Gasteiger partial charge in [-0.15, -0.1) is 5.10 Å². The molecule has 0 amide bonds. The Kier molecular flexibility index (Phi) is 3.39. The number of hydrazone groups is 1. The van der Waals surface area contributed by atoms with Crippen LogP contribution in [-0.4, -0.2) is 23.0 Å². The molecule has 0 radical (unpaired) electrons. The van der Waals surface area contributed by atoms with Gasteiger partial charge in [0.25, 0.3) is 5.56 Å². The van der Waals surface area contributed by atoms with Gasteiger partial charge in [-0.25, -0.2) is 9.69 Å². The van der Waals surface area contributed by atoms with E-state index < -0.39 is 0 Å². The van der Waals surface area contributed by atoms with Gasteiger partial charge in [0.05, 0.1) is 5.39 Å². The van der Waals surface area contributed by atoms with Crippen LogP contribution < -0.4 is 10.6 Å². The van der Waals surface area contributed by atoms with Crippen molar-refractivity contribution < 1.29 is 0 Å². The van der Waals surface area contributed by atoms with Crippen molar-refractivity contribution in [3.8, 4) is 0 Å². The van der Waals surface area contributed by atoms with E-state index in [0.717, 1.165) is 5.39 Å². The first-order chi connectivity index (χ1) is 10.2. The number of nitrogens with zero attached hydrogens (tertiary/aromatic N) is 4. The quantitative estimate of drug-likeness (QED) is 0.639. The van der Waals surface area contributed by atoms with Gasteiger partial charge in [0.1, 0.15) is 0 Å². The van der Waals surface area contributed by atoms with Crippen LogP contribution in [0, 0.1) is 5.92 Å². The highest BCUT2D eigenvalue weighted by Gasteiger charge is 2.11. The molecule has 0 unspecified atom stereocenters. The zero-order chi connectivity index (χ0) is 14.8. The van der Waals surface area contributed by atoms with Crippen molar-refractivity contribution in [2.45, 2.75) is 0 Å².